The Morgan fingerprint density at radius 3 is 2.86 bits per heavy atom. The molecule has 1 atom stereocenters. The third-order valence-electron chi connectivity index (χ3n) is 3.48. The number of nitrogens with one attached hydrogen (secondary N) is 1. The van der Waals surface area contributed by atoms with Crippen LogP contribution in [0.5, 0.6) is 0 Å². The van der Waals surface area contributed by atoms with Crippen molar-refractivity contribution >= 4 is 24.3 Å². The van der Waals surface area contributed by atoms with Gasteiger partial charge in [0.15, 0.2) is 0 Å². The molecule has 1 aliphatic rings. The lowest BCUT2D eigenvalue weighted by Crippen LogP contribution is -2.51. The highest BCUT2D eigenvalue weighted by atomic mass is 35.5. The Morgan fingerprint density at radius 1 is 1.50 bits per heavy atom. The summed E-state index contributed by atoms with van der Waals surface area (Å²) in [4.78, 5) is 30.3. The van der Waals surface area contributed by atoms with Gasteiger partial charge in [-0.2, -0.15) is 0 Å². The van der Waals surface area contributed by atoms with Gasteiger partial charge in [0.2, 0.25) is 0 Å². The molecule has 22 heavy (non-hydrogen) atoms. The van der Waals surface area contributed by atoms with Gasteiger partial charge in [-0.1, -0.05) is 0 Å². The third kappa shape index (κ3) is 4.18. The second-order valence-electron chi connectivity index (χ2n) is 5.18. The maximum atomic E-state index is 12.6. The molecule has 0 spiro atoms. The first-order valence-corrected chi connectivity index (χ1v) is 7.19. The molecule has 0 aromatic carbocycles. The van der Waals surface area contributed by atoms with Crippen molar-refractivity contribution in [3.05, 3.63) is 29.1 Å². The zero-order valence-corrected chi connectivity index (χ0v) is 13.9. The van der Waals surface area contributed by atoms with E-state index in [1.165, 1.54) is 6.20 Å². The van der Waals surface area contributed by atoms with Gasteiger partial charge in [0.05, 0.1) is 23.4 Å². The van der Waals surface area contributed by atoms with E-state index in [0.29, 0.717) is 36.5 Å². The van der Waals surface area contributed by atoms with Crippen LogP contribution < -0.4 is 5.32 Å². The van der Waals surface area contributed by atoms with E-state index in [1.807, 2.05) is 6.92 Å². The number of esters is 1. The van der Waals surface area contributed by atoms with E-state index >= 15 is 0 Å². The van der Waals surface area contributed by atoms with Crippen LogP contribution in [-0.4, -0.2) is 54.0 Å². The second-order valence-corrected chi connectivity index (χ2v) is 5.18. The molecule has 7 heteroatoms. The summed E-state index contributed by atoms with van der Waals surface area (Å²) in [6.45, 7) is 7.94. The molecule has 0 aliphatic carbocycles. The van der Waals surface area contributed by atoms with Gasteiger partial charge in [0.25, 0.3) is 5.91 Å². The summed E-state index contributed by atoms with van der Waals surface area (Å²) in [5.41, 5.74) is 1.41. The normalized spacial score (nSPS) is 17.6. The van der Waals surface area contributed by atoms with E-state index < -0.39 is 5.97 Å². The number of carbonyl (C=O) groups excluding carboxylic acids is 2. The maximum Gasteiger partial charge on any atom is 0.339 e. The molecule has 0 saturated carbocycles. The number of aryl methyl sites for hydroxylation is 1. The lowest BCUT2D eigenvalue weighted by Gasteiger charge is -2.32. The van der Waals surface area contributed by atoms with Crippen LogP contribution in [0.1, 0.15) is 40.3 Å². The molecule has 0 bridgehead atoms. The molecule has 1 saturated heterocycles. The zero-order valence-electron chi connectivity index (χ0n) is 13.1. The predicted octanol–water partition coefficient (Wildman–Crippen LogP) is 1.42. The first-order valence-electron chi connectivity index (χ1n) is 7.19. The van der Waals surface area contributed by atoms with Crippen LogP contribution >= 0.6 is 12.4 Å². The van der Waals surface area contributed by atoms with Crippen molar-refractivity contribution < 1.29 is 14.3 Å². The van der Waals surface area contributed by atoms with E-state index in [0.717, 1.165) is 6.54 Å². The molecule has 1 aromatic rings. The number of ether oxygens (including phenoxy) is 1. The molecule has 1 aromatic heterocycles. The van der Waals surface area contributed by atoms with Crippen molar-refractivity contribution in [2.24, 2.45) is 0 Å². The van der Waals surface area contributed by atoms with Crippen LogP contribution in [0.4, 0.5) is 0 Å². The lowest BCUT2D eigenvalue weighted by molar-refractivity contribution is 0.0526. The van der Waals surface area contributed by atoms with E-state index in [4.69, 9.17) is 4.74 Å². The first-order chi connectivity index (χ1) is 10.0. The lowest BCUT2D eigenvalue weighted by atomic mass is 10.1. The van der Waals surface area contributed by atoms with E-state index in [-0.39, 0.29) is 24.4 Å². The topological polar surface area (TPSA) is 71.5 Å². The van der Waals surface area contributed by atoms with Crippen LogP contribution in [0.15, 0.2) is 12.3 Å². The van der Waals surface area contributed by atoms with Crippen molar-refractivity contribution in [1.29, 1.82) is 0 Å². The Morgan fingerprint density at radius 2 is 2.23 bits per heavy atom. The van der Waals surface area contributed by atoms with Crippen LogP contribution in [0, 0.1) is 6.92 Å². The predicted molar refractivity (Wildman–Crippen MR) is 85.5 cm³/mol. The van der Waals surface area contributed by atoms with Crippen molar-refractivity contribution in [3.8, 4) is 0 Å². The molecule has 6 nitrogen and oxygen atoms in total. The van der Waals surface area contributed by atoms with Gasteiger partial charge in [-0.3, -0.25) is 9.78 Å². The van der Waals surface area contributed by atoms with Crippen molar-refractivity contribution in [2.75, 3.05) is 26.2 Å². The summed E-state index contributed by atoms with van der Waals surface area (Å²) in [5.74, 6) is -0.535. The monoisotopic (exact) mass is 327 g/mol. The van der Waals surface area contributed by atoms with Gasteiger partial charge in [-0.15, -0.1) is 12.4 Å². The van der Waals surface area contributed by atoms with Gasteiger partial charge in [-0.05, 0) is 26.8 Å². The number of piperazine rings is 1. The summed E-state index contributed by atoms with van der Waals surface area (Å²) in [6, 6.07) is 1.85. The Bertz CT molecular complexity index is 551. The molecule has 1 aliphatic heterocycles. The highest BCUT2D eigenvalue weighted by molar-refractivity contribution is 5.98. The quantitative estimate of drug-likeness (QED) is 0.850. The van der Waals surface area contributed by atoms with Crippen molar-refractivity contribution in [1.82, 2.24) is 15.2 Å². The summed E-state index contributed by atoms with van der Waals surface area (Å²) < 4.78 is 4.95. The molecule has 2 heterocycles. The van der Waals surface area contributed by atoms with Gasteiger partial charge < -0.3 is 15.0 Å². The maximum absolute atomic E-state index is 12.6. The standard InChI is InChI=1S/C15H21N3O3.ClH/c1-4-21-15(20)12-7-13(11(3)17-8-12)14(19)18-6-5-16-10(2)9-18;/h7-8,10,16H,4-6,9H2,1-3H3;1H/t10-;/m1./s1. The zero-order chi connectivity index (χ0) is 15.4. The largest absolute Gasteiger partial charge is 0.462 e. The molecule has 122 valence electrons. The fourth-order valence-electron chi connectivity index (χ4n) is 2.36. The fourth-order valence-corrected chi connectivity index (χ4v) is 2.36. The smallest absolute Gasteiger partial charge is 0.339 e. The average Bonchev–Trinajstić information content (AvgIpc) is 2.47. The van der Waals surface area contributed by atoms with E-state index in [9.17, 15) is 9.59 Å². The minimum Gasteiger partial charge on any atom is -0.462 e. The molecular formula is C15H22ClN3O3. The molecule has 1 amide bonds. The number of halogens is 1. The minimum atomic E-state index is -0.451. The van der Waals surface area contributed by atoms with Crippen LogP contribution in [0.25, 0.3) is 0 Å². The first kappa shape index (κ1) is 18.4. The average molecular weight is 328 g/mol. The second kappa shape index (κ2) is 8.10. The third-order valence-corrected chi connectivity index (χ3v) is 3.48. The molecular weight excluding hydrogens is 306 g/mol. The Kier molecular flexibility index (Phi) is 6.77. The molecule has 0 radical (unpaired) electrons. The van der Waals surface area contributed by atoms with E-state index in [2.05, 4.69) is 10.3 Å². The molecule has 1 N–H and O–H groups in total. The van der Waals surface area contributed by atoms with Gasteiger partial charge >= 0.3 is 5.97 Å². The van der Waals surface area contributed by atoms with E-state index in [1.54, 1.807) is 24.8 Å². The number of hydrogen-bond donors (Lipinski definition) is 1. The Hall–Kier alpha value is -1.66. The van der Waals surface area contributed by atoms with Crippen LogP contribution in [-0.2, 0) is 4.74 Å². The van der Waals surface area contributed by atoms with Crippen molar-refractivity contribution in [3.63, 3.8) is 0 Å². The number of nitrogens with zero attached hydrogens (tertiary/aromatic N) is 2. The molecule has 2 rings (SSSR count). The fraction of sp³-hybridized carbons (Fsp3) is 0.533. The Labute approximate surface area is 136 Å². The van der Waals surface area contributed by atoms with Gasteiger partial charge in [0.1, 0.15) is 0 Å². The summed E-state index contributed by atoms with van der Waals surface area (Å²) in [5, 5.41) is 3.30. The Balaban J connectivity index is 0.00000242. The minimum absolute atomic E-state index is 0. The van der Waals surface area contributed by atoms with Crippen LogP contribution in [0.3, 0.4) is 0 Å². The van der Waals surface area contributed by atoms with Gasteiger partial charge in [-0.25, -0.2) is 4.79 Å². The van der Waals surface area contributed by atoms with Crippen molar-refractivity contribution in [2.45, 2.75) is 26.8 Å². The highest BCUT2D eigenvalue weighted by Gasteiger charge is 2.24. The van der Waals surface area contributed by atoms with Gasteiger partial charge in [0, 0.05) is 31.9 Å². The summed E-state index contributed by atoms with van der Waals surface area (Å²) >= 11 is 0. The summed E-state index contributed by atoms with van der Waals surface area (Å²) in [6.07, 6.45) is 1.45. The summed E-state index contributed by atoms with van der Waals surface area (Å²) in [7, 11) is 0. The molecule has 1 fully saturated rings. The SMILES string of the molecule is CCOC(=O)c1cnc(C)c(C(=O)N2CCN[C@H](C)C2)c1.Cl. The number of aromatic nitrogens is 1. The number of rotatable bonds is 3. The van der Waals surface area contributed by atoms with Crippen LogP contribution in [0.2, 0.25) is 0 Å². The highest BCUT2D eigenvalue weighted by Crippen LogP contribution is 2.14. The number of pyridine rings is 1. The molecule has 0 unspecified atom stereocenters. The number of hydrogen-bond acceptors (Lipinski definition) is 5. The number of carbonyl (C=O) groups is 2. The number of amides is 1.